The van der Waals surface area contributed by atoms with Gasteiger partial charge in [-0.05, 0) is 24.1 Å². The Morgan fingerprint density at radius 1 is 1.23 bits per heavy atom. The summed E-state index contributed by atoms with van der Waals surface area (Å²) in [6.07, 6.45) is 0.713. The molecule has 1 aromatic carbocycles. The van der Waals surface area contributed by atoms with E-state index in [4.69, 9.17) is 10.00 Å². The summed E-state index contributed by atoms with van der Waals surface area (Å²) < 4.78 is 6.32. The number of carbonyl (C=O) groups excluding carboxylic acids is 1. The quantitative estimate of drug-likeness (QED) is 0.794. The highest BCUT2D eigenvalue weighted by Gasteiger charge is 2.14. The van der Waals surface area contributed by atoms with Crippen molar-refractivity contribution in [1.29, 1.82) is 5.26 Å². The lowest BCUT2D eigenvalue weighted by Crippen LogP contribution is -2.28. The molecular formula is C17H16N2O3. The topological polar surface area (TPSA) is 72.1 Å². The van der Waals surface area contributed by atoms with E-state index >= 15 is 0 Å². The zero-order valence-electron chi connectivity index (χ0n) is 12.3. The van der Waals surface area contributed by atoms with Crippen LogP contribution < -0.4 is 5.56 Å². The Bertz CT molecular complexity index is 758. The van der Waals surface area contributed by atoms with Crippen LogP contribution in [0, 0.1) is 11.3 Å². The second-order valence-corrected chi connectivity index (χ2v) is 4.72. The molecule has 0 saturated heterocycles. The molecule has 0 radical (unpaired) electrons. The van der Waals surface area contributed by atoms with Crippen LogP contribution in [0.5, 0.6) is 0 Å². The fourth-order valence-electron chi connectivity index (χ4n) is 2.07. The average Bonchev–Trinajstić information content (AvgIpc) is 2.55. The van der Waals surface area contributed by atoms with Crippen molar-refractivity contribution in [1.82, 2.24) is 4.57 Å². The zero-order chi connectivity index (χ0) is 15.9. The predicted octanol–water partition coefficient (Wildman–Crippen LogP) is 2.34. The number of nitrogens with zero attached hydrogens (tertiary/aromatic N) is 2. The predicted molar refractivity (Wildman–Crippen MR) is 82.1 cm³/mol. The SMILES string of the molecule is CCCOC(=O)Cn1c(-c2ccccc2)ccc(C#N)c1=O. The van der Waals surface area contributed by atoms with Gasteiger partial charge < -0.3 is 4.74 Å². The van der Waals surface area contributed by atoms with Crippen molar-refractivity contribution < 1.29 is 9.53 Å². The number of nitriles is 1. The number of hydrogen-bond acceptors (Lipinski definition) is 4. The highest BCUT2D eigenvalue weighted by Crippen LogP contribution is 2.18. The van der Waals surface area contributed by atoms with E-state index in [1.54, 1.807) is 6.07 Å². The highest BCUT2D eigenvalue weighted by atomic mass is 16.5. The normalized spacial score (nSPS) is 10.0. The summed E-state index contributed by atoms with van der Waals surface area (Å²) in [6, 6.07) is 14.2. The molecule has 0 aliphatic heterocycles. The Kier molecular flexibility index (Phi) is 5.10. The molecule has 0 aliphatic carbocycles. The van der Waals surface area contributed by atoms with Crippen LogP contribution in [0.2, 0.25) is 0 Å². The van der Waals surface area contributed by atoms with E-state index < -0.39 is 11.5 Å². The standard InChI is InChI=1S/C17H16N2O3/c1-2-10-22-16(20)12-19-15(13-6-4-3-5-7-13)9-8-14(11-18)17(19)21/h3-9H,2,10,12H2,1H3. The minimum absolute atomic E-state index is 0.00275. The minimum Gasteiger partial charge on any atom is -0.464 e. The first-order chi connectivity index (χ1) is 10.7. The Hall–Kier alpha value is -2.87. The summed E-state index contributed by atoms with van der Waals surface area (Å²) in [6.45, 7) is 2.00. The second kappa shape index (κ2) is 7.23. The third-order valence-corrected chi connectivity index (χ3v) is 3.12. The van der Waals surface area contributed by atoms with Gasteiger partial charge in [0.05, 0.1) is 12.3 Å². The van der Waals surface area contributed by atoms with E-state index in [-0.39, 0.29) is 12.1 Å². The molecule has 0 bridgehead atoms. The van der Waals surface area contributed by atoms with E-state index in [9.17, 15) is 9.59 Å². The fraction of sp³-hybridized carbons (Fsp3) is 0.235. The number of benzene rings is 1. The largest absolute Gasteiger partial charge is 0.464 e. The van der Waals surface area contributed by atoms with Crippen LogP contribution in [0.4, 0.5) is 0 Å². The third-order valence-electron chi connectivity index (χ3n) is 3.12. The average molecular weight is 296 g/mol. The van der Waals surface area contributed by atoms with Crippen LogP contribution >= 0.6 is 0 Å². The van der Waals surface area contributed by atoms with Gasteiger partial charge in [-0.3, -0.25) is 14.2 Å². The molecule has 22 heavy (non-hydrogen) atoms. The summed E-state index contributed by atoms with van der Waals surface area (Å²) in [7, 11) is 0. The van der Waals surface area contributed by atoms with Crippen molar-refractivity contribution >= 4 is 5.97 Å². The number of carbonyl (C=O) groups is 1. The Morgan fingerprint density at radius 3 is 2.59 bits per heavy atom. The molecule has 112 valence electrons. The van der Waals surface area contributed by atoms with Gasteiger partial charge in [0.15, 0.2) is 0 Å². The molecule has 2 aromatic rings. The smallest absolute Gasteiger partial charge is 0.326 e. The van der Waals surface area contributed by atoms with Gasteiger partial charge in [-0.1, -0.05) is 37.3 Å². The molecule has 0 spiro atoms. The van der Waals surface area contributed by atoms with Crippen LogP contribution in [0.15, 0.2) is 47.3 Å². The summed E-state index contributed by atoms with van der Waals surface area (Å²) in [5, 5.41) is 9.00. The van der Waals surface area contributed by atoms with E-state index in [1.165, 1.54) is 10.6 Å². The molecule has 0 atom stereocenters. The molecule has 2 rings (SSSR count). The molecule has 0 aliphatic rings. The minimum atomic E-state index is -0.490. The van der Waals surface area contributed by atoms with Crippen molar-refractivity contribution in [2.75, 3.05) is 6.61 Å². The van der Waals surface area contributed by atoms with Crippen LogP contribution in [0.25, 0.3) is 11.3 Å². The van der Waals surface area contributed by atoms with Gasteiger partial charge in [0.2, 0.25) is 0 Å². The molecule has 0 N–H and O–H groups in total. The van der Waals surface area contributed by atoms with Crippen molar-refractivity contribution in [3.05, 3.63) is 58.4 Å². The van der Waals surface area contributed by atoms with E-state index in [1.807, 2.05) is 43.3 Å². The molecule has 5 heteroatoms. The van der Waals surface area contributed by atoms with Gasteiger partial charge in [0, 0.05) is 0 Å². The molecular weight excluding hydrogens is 280 g/mol. The van der Waals surface area contributed by atoms with Crippen LogP contribution in [0.3, 0.4) is 0 Å². The third kappa shape index (κ3) is 3.41. The van der Waals surface area contributed by atoms with E-state index in [0.29, 0.717) is 18.7 Å². The van der Waals surface area contributed by atoms with Crippen LogP contribution in [0.1, 0.15) is 18.9 Å². The number of rotatable bonds is 5. The molecule has 0 saturated carbocycles. The molecule has 5 nitrogen and oxygen atoms in total. The summed E-state index contributed by atoms with van der Waals surface area (Å²) in [5.74, 6) is -0.490. The number of hydrogen-bond donors (Lipinski definition) is 0. The molecule has 0 unspecified atom stereocenters. The lowest BCUT2D eigenvalue weighted by molar-refractivity contribution is -0.144. The molecule has 1 heterocycles. The summed E-state index contributed by atoms with van der Waals surface area (Å²) in [5.41, 5.74) is 0.894. The van der Waals surface area contributed by atoms with E-state index in [2.05, 4.69) is 0 Å². The molecule has 0 amide bonds. The summed E-state index contributed by atoms with van der Waals surface area (Å²) >= 11 is 0. The first-order valence-corrected chi connectivity index (χ1v) is 7.02. The Morgan fingerprint density at radius 2 is 1.95 bits per heavy atom. The van der Waals surface area contributed by atoms with Crippen molar-refractivity contribution in [2.45, 2.75) is 19.9 Å². The maximum atomic E-state index is 12.3. The van der Waals surface area contributed by atoms with Gasteiger partial charge in [-0.15, -0.1) is 0 Å². The number of ether oxygens (including phenoxy) is 1. The zero-order valence-corrected chi connectivity index (χ0v) is 12.3. The van der Waals surface area contributed by atoms with Gasteiger partial charge in [0.25, 0.3) is 5.56 Å². The van der Waals surface area contributed by atoms with Gasteiger partial charge in [-0.25, -0.2) is 0 Å². The lowest BCUT2D eigenvalue weighted by Gasteiger charge is -2.13. The number of aromatic nitrogens is 1. The van der Waals surface area contributed by atoms with Crippen molar-refractivity contribution in [3.63, 3.8) is 0 Å². The van der Waals surface area contributed by atoms with Crippen LogP contribution in [-0.4, -0.2) is 17.1 Å². The maximum absolute atomic E-state index is 12.3. The van der Waals surface area contributed by atoms with Gasteiger partial charge in [0.1, 0.15) is 18.2 Å². The molecule has 1 aromatic heterocycles. The second-order valence-electron chi connectivity index (χ2n) is 4.72. The fourth-order valence-corrected chi connectivity index (χ4v) is 2.07. The number of pyridine rings is 1. The van der Waals surface area contributed by atoms with Crippen molar-refractivity contribution in [2.24, 2.45) is 0 Å². The van der Waals surface area contributed by atoms with Gasteiger partial charge >= 0.3 is 5.97 Å². The first kappa shape index (κ1) is 15.5. The van der Waals surface area contributed by atoms with E-state index in [0.717, 1.165) is 5.56 Å². The first-order valence-electron chi connectivity index (χ1n) is 7.02. The number of esters is 1. The van der Waals surface area contributed by atoms with Crippen molar-refractivity contribution in [3.8, 4) is 17.3 Å². The van der Waals surface area contributed by atoms with Gasteiger partial charge in [-0.2, -0.15) is 5.26 Å². The Labute approximate surface area is 128 Å². The Balaban J connectivity index is 2.47. The van der Waals surface area contributed by atoms with Crippen LogP contribution in [-0.2, 0) is 16.1 Å². The molecule has 0 fully saturated rings. The highest BCUT2D eigenvalue weighted by molar-refractivity contribution is 5.71. The maximum Gasteiger partial charge on any atom is 0.326 e. The monoisotopic (exact) mass is 296 g/mol. The summed E-state index contributed by atoms with van der Waals surface area (Å²) in [4.78, 5) is 24.2. The lowest BCUT2D eigenvalue weighted by atomic mass is 10.1.